The second kappa shape index (κ2) is 5.64. The largest absolute Gasteiger partial charge is 0.389 e. The maximum Gasteiger partial charge on any atom is 0.0772 e. The zero-order valence-corrected chi connectivity index (χ0v) is 12.4. The van der Waals surface area contributed by atoms with Crippen LogP contribution in [-0.2, 0) is 0 Å². The van der Waals surface area contributed by atoms with Crippen molar-refractivity contribution in [2.75, 3.05) is 6.54 Å². The van der Waals surface area contributed by atoms with Crippen molar-refractivity contribution in [2.45, 2.75) is 58.1 Å². The molecule has 1 unspecified atom stereocenters. The number of benzene rings is 1. The molecular weight excluding hydrogens is 234 g/mol. The molecule has 1 aromatic rings. The van der Waals surface area contributed by atoms with Crippen molar-refractivity contribution in [3.63, 3.8) is 0 Å². The lowest BCUT2D eigenvalue weighted by Crippen LogP contribution is -2.45. The van der Waals surface area contributed by atoms with Crippen molar-refractivity contribution in [3.05, 3.63) is 35.9 Å². The number of rotatable bonds is 4. The van der Waals surface area contributed by atoms with E-state index in [0.717, 1.165) is 25.7 Å². The highest BCUT2D eigenvalue weighted by molar-refractivity contribution is 5.18. The maximum atomic E-state index is 10.6. The molecule has 0 saturated heterocycles. The van der Waals surface area contributed by atoms with Crippen LogP contribution in [0, 0.1) is 5.41 Å². The molecule has 1 fully saturated rings. The topological polar surface area (TPSA) is 32.3 Å². The number of hydrogen-bond donors (Lipinski definition) is 2. The number of nitrogens with one attached hydrogen (secondary N) is 1. The Morgan fingerprint density at radius 3 is 2.26 bits per heavy atom. The average Bonchev–Trinajstić information content (AvgIpc) is 2.41. The monoisotopic (exact) mass is 261 g/mol. The molecule has 1 aliphatic rings. The fraction of sp³-hybridized carbons (Fsp3) is 0.647. The quantitative estimate of drug-likeness (QED) is 0.866. The minimum absolute atomic E-state index is 0.292. The highest BCUT2D eigenvalue weighted by Crippen LogP contribution is 2.40. The van der Waals surface area contributed by atoms with E-state index in [1.165, 1.54) is 5.56 Å². The van der Waals surface area contributed by atoms with Crippen LogP contribution in [0.15, 0.2) is 30.3 Å². The van der Waals surface area contributed by atoms with Gasteiger partial charge in [0, 0.05) is 12.6 Å². The van der Waals surface area contributed by atoms with Gasteiger partial charge >= 0.3 is 0 Å². The normalized spacial score (nSPS) is 22.9. The Bertz CT molecular complexity index is 389. The molecule has 19 heavy (non-hydrogen) atoms. The fourth-order valence-electron chi connectivity index (χ4n) is 2.77. The van der Waals surface area contributed by atoms with Crippen LogP contribution in [0.3, 0.4) is 0 Å². The first-order valence-corrected chi connectivity index (χ1v) is 7.41. The van der Waals surface area contributed by atoms with E-state index in [0.29, 0.717) is 18.0 Å². The molecule has 2 nitrogen and oxygen atoms in total. The fourth-order valence-corrected chi connectivity index (χ4v) is 2.77. The van der Waals surface area contributed by atoms with E-state index in [-0.39, 0.29) is 0 Å². The van der Waals surface area contributed by atoms with Crippen LogP contribution in [0.4, 0.5) is 0 Å². The van der Waals surface area contributed by atoms with Gasteiger partial charge in [-0.3, -0.25) is 0 Å². The second-order valence-electron chi connectivity index (χ2n) is 6.90. The van der Waals surface area contributed by atoms with Crippen molar-refractivity contribution in [1.82, 2.24) is 5.32 Å². The summed E-state index contributed by atoms with van der Waals surface area (Å²) >= 11 is 0. The summed E-state index contributed by atoms with van der Waals surface area (Å²) in [7, 11) is 0. The summed E-state index contributed by atoms with van der Waals surface area (Å²) < 4.78 is 0. The van der Waals surface area contributed by atoms with Crippen molar-refractivity contribution >= 4 is 0 Å². The zero-order chi connectivity index (χ0) is 13.9. The molecule has 2 rings (SSSR count). The second-order valence-corrected chi connectivity index (χ2v) is 6.90. The molecule has 106 valence electrons. The van der Waals surface area contributed by atoms with E-state index >= 15 is 0 Å². The predicted molar refractivity (Wildman–Crippen MR) is 80.1 cm³/mol. The van der Waals surface area contributed by atoms with Crippen LogP contribution in [0.25, 0.3) is 0 Å². The van der Waals surface area contributed by atoms with Gasteiger partial charge in [-0.25, -0.2) is 0 Å². The molecule has 0 spiro atoms. The minimum Gasteiger partial charge on any atom is -0.389 e. The Morgan fingerprint density at radius 1 is 1.11 bits per heavy atom. The van der Waals surface area contributed by atoms with E-state index in [9.17, 15) is 5.11 Å². The van der Waals surface area contributed by atoms with E-state index in [2.05, 4.69) is 50.4 Å². The summed E-state index contributed by atoms with van der Waals surface area (Å²) in [4.78, 5) is 0. The summed E-state index contributed by atoms with van der Waals surface area (Å²) in [5.74, 6) is 0. The zero-order valence-electron chi connectivity index (χ0n) is 12.4. The van der Waals surface area contributed by atoms with E-state index < -0.39 is 5.60 Å². The number of hydrogen-bond acceptors (Lipinski definition) is 2. The summed E-state index contributed by atoms with van der Waals surface area (Å²) in [5, 5.41) is 14.1. The van der Waals surface area contributed by atoms with Crippen molar-refractivity contribution in [1.29, 1.82) is 0 Å². The smallest absolute Gasteiger partial charge is 0.0772 e. The lowest BCUT2D eigenvalue weighted by atomic mass is 9.71. The Hall–Kier alpha value is -0.860. The SMILES string of the molecule is CC(NCC1(O)CCC(C)(C)CC1)c1ccccc1. The Labute approximate surface area is 117 Å². The first-order valence-electron chi connectivity index (χ1n) is 7.41. The summed E-state index contributed by atoms with van der Waals surface area (Å²) in [5.41, 5.74) is 1.16. The van der Waals surface area contributed by atoms with Gasteiger partial charge in [0.05, 0.1) is 5.60 Å². The third-order valence-corrected chi connectivity index (χ3v) is 4.57. The van der Waals surface area contributed by atoms with Crippen LogP contribution in [-0.4, -0.2) is 17.3 Å². The molecule has 2 heteroatoms. The van der Waals surface area contributed by atoms with Crippen LogP contribution < -0.4 is 5.32 Å². The van der Waals surface area contributed by atoms with Gasteiger partial charge in [-0.05, 0) is 43.6 Å². The Morgan fingerprint density at radius 2 is 1.68 bits per heavy atom. The molecule has 1 aliphatic carbocycles. The molecule has 0 amide bonds. The first-order chi connectivity index (χ1) is 8.90. The highest BCUT2D eigenvalue weighted by Gasteiger charge is 2.36. The van der Waals surface area contributed by atoms with Crippen molar-refractivity contribution in [2.24, 2.45) is 5.41 Å². The van der Waals surface area contributed by atoms with Crippen LogP contribution >= 0.6 is 0 Å². The Kier molecular flexibility index (Phi) is 4.32. The van der Waals surface area contributed by atoms with Crippen LogP contribution in [0.2, 0.25) is 0 Å². The van der Waals surface area contributed by atoms with Gasteiger partial charge in [-0.1, -0.05) is 44.2 Å². The molecule has 1 aromatic carbocycles. The average molecular weight is 261 g/mol. The Balaban J connectivity index is 1.85. The molecule has 0 bridgehead atoms. The standard InChI is InChI=1S/C17H27NO/c1-14(15-7-5-4-6-8-15)18-13-17(19)11-9-16(2,3)10-12-17/h4-8,14,18-19H,9-13H2,1-3H3. The predicted octanol–water partition coefficient (Wildman–Crippen LogP) is 3.67. The van der Waals surface area contributed by atoms with E-state index in [1.54, 1.807) is 0 Å². The number of aliphatic hydroxyl groups is 1. The van der Waals surface area contributed by atoms with Gasteiger partial charge in [-0.15, -0.1) is 0 Å². The first kappa shape index (κ1) is 14.5. The maximum absolute atomic E-state index is 10.6. The molecule has 1 saturated carbocycles. The molecular formula is C17H27NO. The molecule has 0 heterocycles. The lowest BCUT2D eigenvalue weighted by Gasteiger charge is -2.40. The summed E-state index contributed by atoms with van der Waals surface area (Å²) in [6, 6.07) is 10.7. The van der Waals surface area contributed by atoms with E-state index in [1.807, 2.05) is 6.07 Å². The minimum atomic E-state index is -0.515. The van der Waals surface area contributed by atoms with Crippen LogP contribution in [0.5, 0.6) is 0 Å². The molecule has 0 radical (unpaired) electrons. The molecule has 0 aromatic heterocycles. The van der Waals surface area contributed by atoms with Crippen LogP contribution in [0.1, 0.15) is 58.1 Å². The van der Waals surface area contributed by atoms with Gasteiger partial charge in [0.15, 0.2) is 0 Å². The van der Waals surface area contributed by atoms with E-state index in [4.69, 9.17) is 0 Å². The summed E-state index contributed by atoms with van der Waals surface area (Å²) in [6.07, 6.45) is 4.05. The van der Waals surface area contributed by atoms with Gasteiger partial charge in [0.25, 0.3) is 0 Å². The third-order valence-electron chi connectivity index (χ3n) is 4.57. The van der Waals surface area contributed by atoms with Gasteiger partial charge in [0.1, 0.15) is 0 Å². The van der Waals surface area contributed by atoms with Gasteiger partial charge in [-0.2, -0.15) is 0 Å². The van der Waals surface area contributed by atoms with Crippen molar-refractivity contribution in [3.8, 4) is 0 Å². The third kappa shape index (κ3) is 4.05. The summed E-state index contributed by atoms with van der Waals surface area (Å²) in [6.45, 7) is 7.45. The van der Waals surface area contributed by atoms with Crippen molar-refractivity contribution < 1.29 is 5.11 Å². The molecule has 2 N–H and O–H groups in total. The van der Waals surface area contributed by atoms with Gasteiger partial charge in [0.2, 0.25) is 0 Å². The lowest BCUT2D eigenvalue weighted by molar-refractivity contribution is -0.0258. The van der Waals surface area contributed by atoms with Gasteiger partial charge < -0.3 is 10.4 Å². The highest BCUT2D eigenvalue weighted by atomic mass is 16.3. The molecule has 1 atom stereocenters. The molecule has 0 aliphatic heterocycles.